The van der Waals surface area contributed by atoms with Crippen LogP contribution in [-0.4, -0.2) is 71.6 Å². The van der Waals surface area contributed by atoms with Crippen LogP contribution in [0.15, 0.2) is 42.5 Å². The molecule has 3 N–H and O–H groups in total. The van der Waals surface area contributed by atoms with Gasteiger partial charge in [-0.2, -0.15) is 0 Å². The number of anilines is 2. The summed E-state index contributed by atoms with van der Waals surface area (Å²) in [6.07, 6.45) is 1.33. The van der Waals surface area contributed by atoms with Crippen LogP contribution < -0.4 is 15.4 Å². The van der Waals surface area contributed by atoms with Gasteiger partial charge < -0.3 is 30.3 Å². The molecule has 38 heavy (non-hydrogen) atoms. The molecule has 0 spiro atoms. The summed E-state index contributed by atoms with van der Waals surface area (Å²) < 4.78 is 19.6. The van der Waals surface area contributed by atoms with Gasteiger partial charge in [-0.05, 0) is 62.2 Å². The number of benzene rings is 2. The zero-order chi connectivity index (χ0) is 27.4. The fourth-order valence-electron chi connectivity index (χ4n) is 4.42. The first-order chi connectivity index (χ1) is 18.1. The number of aliphatic hydroxyl groups excluding tert-OH is 1. The number of ether oxygens (including phenoxy) is 1. The molecule has 1 saturated carbocycles. The minimum atomic E-state index is -0.482. The van der Waals surface area contributed by atoms with E-state index in [0.717, 1.165) is 12.8 Å². The molecule has 4 rings (SSSR count). The minimum Gasteiger partial charge on any atom is -0.488 e. The molecule has 0 aromatic heterocycles. The highest BCUT2D eigenvalue weighted by Crippen LogP contribution is 2.32. The van der Waals surface area contributed by atoms with Gasteiger partial charge in [0.05, 0.1) is 25.6 Å². The van der Waals surface area contributed by atoms with E-state index < -0.39 is 18.0 Å². The Hall–Kier alpha value is -3.66. The van der Waals surface area contributed by atoms with E-state index in [4.69, 9.17) is 4.74 Å². The molecular formula is C28H35FN4O5. The van der Waals surface area contributed by atoms with E-state index in [2.05, 4.69) is 10.6 Å². The molecule has 1 aliphatic carbocycles. The molecule has 10 heteroatoms. The predicted molar refractivity (Wildman–Crippen MR) is 141 cm³/mol. The summed E-state index contributed by atoms with van der Waals surface area (Å²) in [6, 6.07) is 9.97. The van der Waals surface area contributed by atoms with Crippen molar-refractivity contribution in [2.24, 2.45) is 11.8 Å². The van der Waals surface area contributed by atoms with E-state index in [9.17, 15) is 23.9 Å². The van der Waals surface area contributed by atoms with Gasteiger partial charge in [-0.1, -0.05) is 6.92 Å². The van der Waals surface area contributed by atoms with Crippen molar-refractivity contribution in [2.75, 3.05) is 37.4 Å². The Morgan fingerprint density at radius 3 is 2.50 bits per heavy atom. The molecule has 204 valence electrons. The SMILES string of the molecule is C[C@H]1CN([C@@H](C)CO)C(=O)Cc2cc(NC(=O)C3CC3)ccc2O[C@H]1CN(C)C(=O)Nc1ccc(F)cc1. The summed E-state index contributed by atoms with van der Waals surface area (Å²) in [7, 11) is 1.64. The lowest BCUT2D eigenvalue weighted by molar-refractivity contribution is -0.134. The third-order valence-corrected chi connectivity index (χ3v) is 7.03. The standard InChI is InChI=1S/C28H35FN4O5/c1-17-14-33(18(2)16-34)26(35)13-20-12-23(30-27(36)19-4-5-19)10-11-24(20)38-25(17)15-32(3)28(37)31-22-8-6-21(29)7-9-22/h6-12,17-19,25,34H,4-5,13-16H2,1-3H3,(H,30,36)(H,31,37)/t17-,18-,25-/m0/s1. The Morgan fingerprint density at radius 2 is 1.84 bits per heavy atom. The molecule has 1 fully saturated rings. The van der Waals surface area contributed by atoms with Crippen LogP contribution in [-0.2, 0) is 16.0 Å². The third kappa shape index (κ3) is 6.80. The van der Waals surface area contributed by atoms with Crippen LogP contribution in [0.2, 0.25) is 0 Å². The number of hydrogen-bond acceptors (Lipinski definition) is 5. The monoisotopic (exact) mass is 526 g/mol. The molecule has 2 aliphatic rings. The number of rotatable bonds is 7. The third-order valence-electron chi connectivity index (χ3n) is 7.03. The first-order valence-corrected chi connectivity index (χ1v) is 12.9. The molecule has 0 radical (unpaired) electrons. The number of aliphatic hydroxyl groups is 1. The first-order valence-electron chi connectivity index (χ1n) is 12.9. The molecule has 0 unspecified atom stereocenters. The molecule has 1 aliphatic heterocycles. The summed E-state index contributed by atoms with van der Waals surface area (Å²) in [6.45, 7) is 4.08. The van der Waals surface area contributed by atoms with Crippen molar-refractivity contribution in [2.45, 2.75) is 45.3 Å². The van der Waals surface area contributed by atoms with Crippen LogP contribution in [0.5, 0.6) is 5.75 Å². The highest BCUT2D eigenvalue weighted by atomic mass is 19.1. The van der Waals surface area contributed by atoms with Crippen molar-refractivity contribution >= 4 is 29.2 Å². The lowest BCUT2D eigenvalue weighted by atomic mass is 10.0. The van der Waals surface area contributed by atoms with Crippen molar-refractivity contribution in [3.8, 4) is 5.75 Å². The summed E-state index contributed by atoms with van der Waals surface area (Å²) in [5.41, 5.74) is 1.68. The van der Waals surface area contributed by atoms with Gasteiger partial charge in [0.15, 0.2) is 0 Å². The minimum absolute atomic E-state index is 0.0314. The van der Waals surface area contributed by atoms with E-state index >= 15 is 0 Å². The highest BCUT2D eigenvalue weighted by molar-refractivity contribution is 5.94. The number of amides is 4. The number of nitrogens with zero attached hydrogens (tertiary/aromatic N) is 2. The number of fused-ring (bicyclic) bond motifs is 1. The molecule has 2 aromatic rings. The van der Waals surface area contributed by atoms with Crippen molar-refractivity contribution < 1.29 is 28.6 Å². The Kier molecular flexibility index (Phi) is 8.51. The highest BCUT2D eigenvalue weighted by Gasteiger charge is 2.33. The van der Waals surface area contributed by atoms with Crippen LogP contribution in [0.25, 0.3) is 0 Å². The number of carbonyl (C=O) groups is 3. The number of likely N-dealkylation sites (N-methyl/N-ethyl adjacent to an activating group) is 1. The molecular weight excluding hydrogens is 491 g/mol. The largest absolute Gasteiger partial charge is 0.488 e. The molecule has 2 aromatic carbocycles. The number of halogens is 1. The van der Waals surface area contributed by atoms with Crippen molar-refractivity contribution in [3.05, 3.63) is 53.8 Å². The topological polar surface area (TPSA) is 111 Å². The number of hydrogen-bond donors (Lipinski definition) is 3. The van der Waals surface area contributed by atoms with Crippen LogP contribution in [0.1, 0.15) is 32.3 Å². The molecule has 4 amide bonds. The molecule has 0 saturated heterocycles. The smallest absolute Gasteiger partial charge is 0.321 e. The van der Waals surface area contributed by atoms with Gasteiger partial charge in [0, 0.05) is 42.4 Å². The Morgan fingerprint density at radius 1 is 1.16 bits per heavy atom. The van der Waals surface area contributed by atoms with Gasteiger partial charge >= 0.3 is 6.03 Å². The predicted octanol–water partition coefficient (Wildman–Crippen LogP) is 3.49. The van der Waals surface area contributed by atoms with Crippen molar-refractivity contribution in [3.63, 3.8) is 0 Å². The number of nitrogens with one attached hydrogen (secondary N) is 2. The maximum atomic E-state index is 13.3. The zero-order valence-electron chi connectivity index (χ0n) is 21.9. The fraction of sp³-hybridized carbons (Fsp3) is 0.464. The van der Waals surface area contributed by atoms with E-state index in [0.29, 0.717) is 29.2 Å². The second-order valence-corrected chi connectivity index (χ2v) is 10.3. The lowest BCUT2D eigenvalue weighted by Crippen LogP contribution is -2.48. The van der Waals surface area contributed by atoms with Gasteiger partial charge in [-0.3, -0.25) is 9.59 Å². The van der Waals surface area contributed by atoms with Crippen LogP contribution >= 0.6 is 0 Å². The fourth-order valence-corrected chi connectivity index (χ4v) is 4.42. The second kappa shape index (κ2) is 11.8. The van der Waals surface area contributed by atoms with Gasteiger partial charge in [0.25, 0.3) is 0 Å². The van der Waals surface area contributed by atoms with Crippen molar-refractivity contribution in [1.82, 2.24) is 9.80 Å². The molecule has 3 atom stereocenters. The molecule has 9 nitrogen and oxygen atoms in total. The Labute approximate surface area is 221 Å². The number of urea groups is 1. The number of carbonyl (C=O) groups excluding carboxylic acids is 3. The summed E-state index contributed by atoms with van der Waals surface area (Å²) in [5, 5.41) is 15.5. The lowest BCUT2D eigenvalue weighted by Gasteiger charge is -2.34. The summed E-state index contributed by atoms with van der Waals surface area (Å²) >= 11 is 0. The maximum Gasteiger partial charge on any atom is 0.321 e. The van der Waals surface area contributed by atoms with Crippen LogP contribution in [0.3, 0.4) is 0 Å². The molecule has 1 heterocycles. The van der Waals surface area contributed by atoms with E-state index in [1.165, 1.54) is 29.2 Å². The maximum absolute atomic E-state index is 13.3. The quantitative estimate of drug-likeness (QED) is 0.512. The van der Waals surface area contributed by atoms with Crippen LogP contribution in [0.4, 0.5) is 20.6 Å². The normalized spacial score (nSPS) is 20.2. The average Bonchev–Trinajstić information content (AvgIpc) is 3.74. The van der Waals surface area contributed by atoms with E-state index in [1.807, 2.05) is 6.92 Å². The van der Waals surface area contributed by atoms with E-state index in [1.54, 1.807) is 37.1 Å². The zero-order valence-corrected chi connectivity index (χ0v) is 21.9. The van der Waals surface area contributed by atoms with E-state index in [-0.39, 0.29) is 49.3 Å². The van der Waals surface area contributed by atoms with Gasteiger partial charge in [0.2, 0.25) is 11.8 Å². The van der Waals surface area contributed by atoms with Gasteiger partial charge in [0.1, 0.15) is 17.7 Å². The summed E-state index contributed by atoms with van der Waals surface area (Å²) in [5.74, 6) is -0.220. The first kappa shape index (κ1) is 27.4. The summed E-state index contributed by atoms with van der Waals surface area (Å²) in [4.78, 5) is 41.6. The van der Waals surface area contributed by atoms with Gasteiger partial charge in [-0.15, -0.1) is 0 Å². The second-order valence-electron chi connectivity index (χ2n) is 10.3. The van der Waals surface area contributed by atoms with Gasteiger partial charge in [-0.25, -0.2) is 9.18 Å². The molecule has 0 bridgehead atoms. The van der Waals surface area contributed by atoms with Crippen LogP contribution in [0, 0.1) is 17.7 Å². The Balaban J connectivity index is 1.56. The van der Waals surface area contributed by atoms with Crippen molar-refractivity contribution in [1.29, 1.82) is 0 Å². The average molecular weight is 527 g/mol. The Bertz CT molecular complexity index is 1170.